The van der Waals surface area contributed by atoms with Gasteiger partial charge in [0.1, 0.15) is 5.82 Å². The molecular formula is C21H20N4O3S2. The van der Waals surface area contributed by atoms with Gasteiger partial charge < -0.3 is 25.3 Å². The molecule has 0 aliphatic rings. The summed E-state index contributed by atoms with van der Waals surface area (Å²) < 4.78 is 16.2. The summed E-state index contributed by atoms with van der Waals surface area (Å²) >= 11 is 3.07. The Morgan fingerprint density at radius 3 is 2.30 bits per heavy atom. The van der Waals surface area contributed by atoms with E-state index in [1.807, 2.05) is 41.8 Å². The molecule has 4 aromatic rings. The number of nitrogens with zero attached hydrogens (tertiary/aromatic N) is 2. The van der Waals surface area contributed by atoms with E-state index >= 15 is 0 Å². The fourth-order valence-electron chi connectivity index (χ4n) is 2.98. The normalized spacial score (nSPS) is 10.6. The predicted octanol–water partition coefficient (Wildman–Crippen LogP) is 5.29. The summed E-state index contributed by atoms with van der Waals surface area (Å²) in [6.45, 7) is 0. The van der Waals surface area contributed by atoms with E-state index in [1.54, 1.807) is 32.7 Å². The van der Waals surface area contributed by atoms with E-state index in [0.29, 0.717) is 28.2 Å². The van der Waals surface area contributed by atoms with Crippen LogP contribution in [0, 0.1) is 0 Å². The second-order valence-electron chi connectivity index (χ2n) is 6.19. The average Bonchev–Trinajstić information content (AvgIpc) is 3.43. The van der Waals surface area contributed by atoms with Crippen molar-refractivity contribution in [3.8, 4) is 39.1 Å². The maximum absolute atomic E-state index is 6.21. The molecule has 1 aromatic carbocycles. The first kappa shape index (κ1) is 20.0. The largest absolute Gasteiger partial charge is 0.493 e. The van der Waals surface area contributed by atoms with E-state index in [4.69, 9.17) is 24.9 Å². The number of nitrogens with one attached hydrogen (secondary N) is 1. The number of rotatable bonds is 7. The quantitative estimate of drug-likeness (QED) is 0.404. The summed E-state index contributed by atoms with van der Waals surface area (Å²) in [7, 11) is 4.72. The molecule has 0 bridgehead atoms. The Hall–Kier alpha value is -3.30. The minimum absolute atomic E-state index is 0.421. The van der Waals surface area contributed by atoms with Gasteiger partial charge in [-0.05, 0) is 23.6 Å². The van der Waals surface area contributed by atoms with E-state index in [9.17, 15) is 0 Å². The zero-order valence-electron chi connectivity index (χ0n) is 16.6. The van der Waals surface area contributed by atoms with E-state index < -0.39 is 0 Å². The molecule has 30 heavy (non-hydrogen) atoms. The van der Waals surface area contributed by atoms with Gasteiger partial charge in [0.2, 0.25) is 5.75 Å². The van der Waals surface area contributed by atoms with Crippen molar-refractivity contribution >= 4 is 39.3 Å². The lowest BCUT2D eigenvalue weighted by Gasteiger charge is -2.14. The summed E-state index contributed by atoms with van der Waals surface area (Å²) in [5.74, 6) is 2.05. The molecule has 3 N–H and O–H groups in total. The number of thiophene rings is 1. The highest BCUT2D eigenvalue weighted by atomic mass is 32.1. The molecule has 7 nitrogen and oxygen atoms in total. The van der Waals surface area contributed by atoms with Crippen molar-refractivity contribution in [3.05, 3.63) is 47.2 Å². The van der Waals surface area contributed by atoms with Gasteiger partial charge >= 0.3 is 0 Å². The molecule has 0 aliphatic carbocycles. The lowest BCUT2D eigenvalue weighted by molar-refractivity contribution is 0.324. The summed E-state index contributed by atoms with van der Waals surface area (Å²) in [6, 6.07) is 11.6. The molecule has 0 atom stereocenters. The number of nitrogens with two attached hydrogens (primary N) is 1. The van der Waals surface area contributed by atoms with Gasteiger partial charge in [-0.1, -0.05) is 17.4 Å². The van der Waals surface area contributed by atoms with Crippen LogP contribution < -0.4 is 25.3 Å². The van der Waals surface area contributed by atoms with Gasteiger partial charge in [0.25, 0.3) is 0 Å². The number of pyridine rings is 1. The molecule has 0 saturated heterocycles. The Bertz CT molecular complexity index is 1130. The van der Waals surface area contributed by atoms with E-state index in [0.717, 1.165) is 27.5 Å². The Kier molecular flexibility index (Phi) is 5.73. The Morgan fingerprint density at radius 2 is 1.67 bits per heavy atom. The molecule has 0 aliphatic heterocycles. The molecule has 3 heterocycles. The summed E-state index contributed by atoms with van der Waals surface area (Å²) in [6.07, 6.45) is 0. The maximum Gasteiger partial charge on any atom is 0.203 e. The lowest BCUT2D eigenvalue weighted by atomic mass is 10.2. The second kappa shape index (κ2) is 8.60. The van der Waals surface area contributed by atoms with Crippen LogP contribution in [0.5, 0.6) is 17.2 Å². The number of hydrogen-bond donors (Lipinski definition) is 2. The number of thiazole rings is 1. The Labute approximate surface area is 182 Å². The monoisotopic (exact) mass is 440 g/mol. The van der Waals surface area contributed by atoms with Gasteiger partial charge in [-0.15, -0.1) is 0 Å². The first-order valence-corrected chi connectivity index (χ1v) is 10.7. The fourth-order valence-corrected chi connectivity index (χ4v) is 4.50. The number of nitrogen functional groups attached to an aromatic ring is 1. The SMILES string of the molecule is COc1cc(Nc2nc(N)c(-c3cccc(-c4ccsc4)n3)s2)cc(OC)c1OC. The molecular weight excluding hydrogens is 420 g/mol. The van der Waals surface area contributed by atoms with Gasteiger partial charge in [-0.25, -0.2) is 9.97 Å². The number of ether oxygens (including phenoxy) is 3. The van der Waals surface area contributed by atoms with E-state index in [1.165, 1.54) is 11.3 Å². The minimum atomic E-state index is 0.421. The van der Waals surface area contributed by atoms with Crippen molar-refractivity contribution in [2.45, 2.75) is 0 Å². The number of anilines is 3. The molecule has 154 valence electrons. The van der Waals surface area contributed by atoms with Crippen LogP contribution in [0.3, 0.4) is 0 Å². The highest BCUT2D eigenvalue weighted by Gasteiger charge is 2.16. The number of benzene rings is 1. The van der Waals surface area contributed by atoms with Crippen LogP contribution in [0.2, 0.25) is 0 Å². The third-order valence-corrected chi connectivity index (χ3v) is 6.06. The number of aromatic nitrogens is 2. The van der Waals surface area contributed by atoms with Crippen molar-refractivity contribution in [2.24, 2.45) is 0 Å². The fraction of sp³-hybridized carbons (Fsp3) is 0.143. The molecule has 0 spiro atoms. The Balaban J connectivity index is 1.65. The summed E-state index contributed by atoms with van der Waals surface area (Å²) in [5, 5.41) is 8.00. The predicted molar refractivity (Wildman–Crippen MR) is 122 cm³/mol. The lowest BCUT2D eigenvalue weighted by Crippen LogP contribution is -1.97. The molecule has 3 aromatic heterocycles. The molecule has 0 radical (unpaired) electrons. The van der Waals surface area contributed by atoms with Crippen LogP contribution in [0.15, 0.2) is 47.2 Å². The van der Waals surface area contributed by atoms with Crippen LogP contribution in [0.4, 0.5) is 16.6 Å². The molecule has 0 unspecified atom stereocenters. The van der Waals surface area contributed by atoms with E-state index in [2.05, 4.69) is 15.7 Å². The van der Waals surface area contributed by atoms with Crippen LogP contribution in [0.25, 0.3) is 21.8 Å². The molecule has 4 rings (SSSR count). The highest BCUT2D eigenvalue weighted by Crippen LogP contribution is 2.42. The highest BCUT2D eigenvalue weighted by molar-refractivity contribution is 7.19. The van der Waals surface area contributed by atoms with Gasteiger partial charge in [0, 0.05) is 28.8 Å². The van der Waals surface area contributed by atoms with Gasteiger partial charge in [-0.3, -0.25) is 0 Å². The van der Waals surface area contributed by atoms with Gasteiger partial charge in [-0.2, -0.15) is 11.3 Å². The first-order valence-electron chi connectivity index (χ1n) is 8.96. The summed E-state index contributed by atoms with van der Waals surface area (Å²) in [5.41, 5.74) is 9.72. The van der Waals surface area contributed by atoms with Crippen molar-refractivity contribution in [1.29, 1.82) is 0 Å². The van der Waals surface area contributed by atoms with Crippen molar-refractivity contribution < 1.29 is 14.2 Å². The first-order chi connectivity index (χ1) is 14.6. The number of methoxy groups -OCH3 is 3. The smallest absolute Gasteiger partial charge is 0.203 e. The zero-order chi connectivity index (χ0) is 21.1. The standard InChI is InChI=1S/C21H20N4O3S2/c1-26-16-9-13(10-17(27-2)18(16)28-3)23-21-25-20(22)19(30-21)15-6-4-5-14(24-15)12-7-8-29-11-12/h4-11H,22H2,1-3H3,(H,23,25). The summed E-state index contributed by atoms with van der Waals surface area (Å²) in [4.78, 5) is 10.0. The third kappa shape index (κ3) is 3.89. The van der Waals surface area contributed by atoms with Crippen LogP contribution in [-0.4, -0.2) is 31.3 Å². The van der Waals surface area contributed by atoms with Crippen LogP contribution >= 0.6 is 22.7 Å². The van der Waals surface area contributed by atoms with Crippen molar-refractivity contribution in [2.75, 3.05) is 32.4 Å². The van der Waals surface area contributed by atoms with Crippen molar-refractivity contribution in [1.82, 2.24) is 9.97 Å². The van der Waals surface area contributed by atoms with Crippen LogP contribution in [-0.2, 0) is 0 Å². The van der Waals surface area contributed by atoms with Crippen molar-refractivity contribution in [3.63, 3.8) is 0 Å². The average molecular weight is 441 g/mol. The molecule has 0 saturated carbocycles. The van der Waals surface area contributed by atoms with Crippen LogP contribution in [0.1, 0.15) is 0 Å². The third-order valence-electron chi connectivity index (χ3n) is 4.37. The number of hydrogen-bond acceptors (Lipinski definition) is 9. The van der Waals surface area contributed by atoms with E-state index in [-0.39, 0.29) is 0 Å². The minimum Gasteiger partial charge on any atom is -0.493 e. The molecule has 0 amide bonds. The van der Waals surface area contributed by atoms with Gasteiger partial charge in [0.05, 0.1) is 37.6 Å². The maximum atomic E-state index is 6.21. The second-order valence-corrected chi connectivity index (χ2v) is 7.97. The van der Waals surface area contributed by atoms with Gasteiger partial charge in [0.15, 0.2) is 16.6 Å². The Morgan fingerprint density at radius 1 is 0.933 bits per heavy atom. The topological polar surface area (TPSA) is 91.5 Å². The zero-order valence-corrected chi connectivity index (χ0v) is 18.3. The molecule has 9 heteroatoms. The molecule has 0 fully saturated rings.